The summed E-state index contributed by atoms with van der Waals surface area (Å²) >= 11 is 0. The minimum atomic E-state index is 0.522. The van der Waals surface area contributed by atoms with Crippen molar-refractivity contribution in [2.24, 2.45) is 5.16 Å². The first-order valence-corrected chi connectivity index (χ1v) is 4.13. The molecule has 0 fully saturated rings. The maximum absolute atomic E-state index is 8.33. The Kier molecular flexibility index (Phi) is 2.10. The van der Waals surface area contributed by atoms with Crippen LogP contribution in [0.1, 0.15) is 11.4 Å². The van der Waals surface area contributed by atoms with Crippen LogP contribution < -0.4 is 0 Å². The van der Waals surface area contributed by atoms with Crippen molar-refractivity contribution in [3.8, 4) is 0 Å². The number of aryl methyl sites for hydroxylation is 1. The zero-order valence-electron chi connectivity index (χ0n) is 7.62. The van der Waals surface area contributed by atoms with E-state index in [1.165, 1.54) is 6.21 Å². The lowest BCUT2D eigenvalue weighted by atomic mass is 10.3. The molecule has 0 aliphatic rings. The minimum Gasteiger partial charge on any atom is -0.411 e. The highest BCUT2D eigenvalue weighted by Gasteiger charge is 2.03. The Morgan fingerprint density at radius 3 is 3.29 bits per heavy atom. The Labute approximate surface area is 79.9 Å². The van der Waals surface area contributed by atoms with Crippen LogP contribution in [0.2, 0.25) is 0 Å². The van der Waals surface area contributed by atoms with E-state index in [9.17, 15) is 0 Å². The van der Waals surface area contributed by atoms with Crippen LogP contribution in [-0.4, -0.2) is 31.0 Å². The number of fused-ring (bicyclic) bond motifs is 1. The molecule has 2 rings (SSSR count). The third-order valence-electron chi connectivity index (χ3n) is 1.87. The van der Waals surface area contributed by atoms with Crippen molar-refractivity contribution in [2.45, 2.75) is 13.3 Å². The van der Waals surface area contributed by atoms with Gasteiger partial charge in [0.05, 0.1) is 0 Å². The van der Waals surface area contributed by atoms with Gasteiger partial charge in [-0.2, -0.15) is 0 Å². The van der Waals surface area contributed by atoms with E-state index in [1.54, 1.807) is 10.7 Å². The van der Waals surface area contributed by atoms with E-state index < -0.39 is 0 Å². The van der Waals surface area contributed by atoms with Gasteiger partial charge in [-0.15, -0.1) is 15.4 Å². The van der Waals surface area contributed by atoms with Crippen LogP contribution in [-0.2, 0) is 6.42 Å². The fraction of sp³-hybridized carbons (Fsp3) is 0.250. The van der Waals surface area contributed by atoms with E-state index >= 15 is 0 Å². The number of hydrogen-bond donors (Lipinski definition) is 1. The molecule has 14 heavy (non-hydrogen) atoms. The quantitative estimate of drug-likeness (QED) is 0.424. The van der Waals surface area contributed by atoms with Gasteiger partial charge in [0.2, 0.25) is 0 Å². The first-order chi connectivity index (χ1) is 6.81. The van der Waals surface area contributed by atoms with Crippen molar-refractivity contribution in [3.05, 3.63) is 23.8 Å². The van der Waals surface area contributed by atoms with Gasteiger partial charge in [0.25, 0.3) is 5.78 Å². The lowest BCUT2D eigenvalue weighted by Crippen LogP contribution is -2.00. The third kappa shape index (κ3) is 1.41. The molecule has 0 bridgehead atoms. The van der Waals surface area contributed by atoms with Gasteiger partial charge in [0, 0.05) is 24.0 Å². The predicted octanol–water partition coefficient (Wildman–Crippen LogP) is 0.435. The highest BCUT2D eigenvalue weighted by molar-refractivity contribution is 5.60. The average Bonchev–Trinajstić information content (AvgIpc) is 2.61. The van der Waals surface area contributed by atoms with Crippen LogP contribution in [0.25, 0.3) is 5.78 Å². The molecule has 2 aromatic heterocycles. The standard InChI is InChI=1S/C8H9N5O/c1-6-4-7(2-3-10-14)13-5-9-12-8(13)11-6/h3-5,14H,2H2,1H3/b10-3+. The van der Waals surface area contributed by atoms with E-state index in [0.29, 0.717) is 12.2 Å². The second-order valence-corrected chi connectivity index (χ2v) is 2.89. The van der Waals surface area contributed by atoms with Gasteiger partial charge < -0.3 is 5.21 Å². The molecule has 0 unspecified atom stereocenters. The average molecular weight is 191 g/mol. The van der Waals surface area contributed by atoms with Crippen LogP contribution in [0.4, 0.5) is 0 Å². The molecule has 0 aromatic carbocycles. The number of aromatic nitrogens is 4. The molecule has 72 valence electrons. The molecule has 0 radical (unpaired) electrons. The molecule has 2 heterocycles. The van der Waals surface area contributed by atoms with Crippen molar-refractivity contribution >= 4 is 12.0 Å². The lowest BCUT2D eigenvalue weighted by Gasteiger charge is -2.01. The maximum Gasteiger partial charge on any atom is 0.255 e. The Balaban J connectivity index is 2.55. The van der Waals surface area contributed by atoms with Gasteiger partial charge >= 0.3 is 0 Å². The summed E-state index contributed by atoms with van der Waals surface area (Å²) in [6.07, 6.45) is 3.52. The Morgan fingerprint density at radius 1 is 1.64 bits per heavy atom. The molecule has 0 saturated heterocycles. The van der Waals surface area contributed by atoms with Gasteiger partial charge in [0.1, 0.15) is 6.33 Å². The lowest BCUT2D eigenvalue weighted by molar-refractivity contribution is 0.320. The van der Waals surface area contributed by atoms with Crippen molar-refractivity contribution in [1.29, 1.82) is 0 Å². The van der Waals surface area contributed by atoms with Crippen LogP contribution in [0.3, 0.4) is 0 Å². The van der Waals surface area contributed by atoms with Crippen molar-refractivity contribution in [1.82, 2.24) is 19.6 Å². The second kappa shape index (κ2) is 3.41. The number of rotatable bonds is 2. The smallest absolute Gasteiger partial charge is 0.255 e. The normalized spacial score (nSPS) is 11.5. The SMILES string of the molecule is Cc1cc(C/C=N/O)n2cnnc2n1. The summed E-state index contributed by atoms with van der Waals surface area (Å²) < 4.78 is 1.76. The summed E-state index contributed by atoms with van der Waals surface area (Å²) in [6, 6.07) is 1.90. The largest absolute Gasteiger partial charge is 0.411 e. The fourth-order valence-electron chi connectivity index (χ4n) is 1.30. The highest BCUT2D eigenvalue weighted by atomic mass is 16.4. The summed E-state index contributed by atoms with van der Waals surface area (Å²) in [5, 5.41) is 18.9. The van der Waals surface area contributed by atoms with Crippen LogP contribution in [0, 0.1) is 6.92 Å². The van der Waals surface area contributed by atoms with E-state index in [-0.39, 0.29) is 0 Å². The second-order valence-electron chi connectivity index (χ2n) is 2.89. The van der Waals surface area contributed by atoms with Crippen LogP contribution >= 0.6 is 0 Å². The molecule has 0 atom stereocenters. The molecule has 6 nitrogen and oxygen atoms in total. The van der Waals surface area contributed by atoms with Crippen molar-refractivity contribution in [3.63, 3.8) is 0 Å². The molecule has 0 aliphatic heterocycles. The molecule has 0 saturated carbocycles. The topological polar surface area (TPSA) is 75.7 Å². The third-order valence-corrected chi connectivity index (χ3v) is 1.87. The van der Waals surface area contributed by atoms with E-state index in [4.69, 9.17) is 5.21 Å². The van der Waals surface area contributed by atoms with Gasteiger partial charge in [-0.05, 0) is 13.0 Å². The summed E-state index contributed by atoms with van der Waals surface area (Å²) in [5.41, 5.74) is 1.81. The van der Waals surface area contributed by atoms with Gasteiger partial charge in [0.15, 0.2) is 0 Å². The highest BCUT2D eigenvalue weighted by Crippen LogP contribution is 2.05. The van der Waals surface area contributed by atoms with Gasteiger partial charge in [-0.3, -0.25) is 4.40 Å². The predicted molar refractivity (Wildman–Crippen MR) is 49.5 cm³/mol. The molecular weight excluding hydrogens is 182 g/mol. The maximum atomic E-state index is 8.33. The number of oxime groups is 1. The number of nitrogens with zero attached hydrogens (tertiary/aromatic N) is 5. The zero-order valence-corrected chi connectivity index (χ0v) is 7.62. The van der Waals surface area contributed by atoms with Crippen molar-refractivity contribution in [2.75, 3.05) is 0 Å². The van der Waals surface area contributed by atoms with Crippen LogP contribution in [0.15, 0.2) is 17.5 Å². The molecule has 1 N–H and O–H groups in total. The molecule has 0 aliphatic carbocycles. The van der Waals surface area contributed by atoms with E-state index in [1.807, 2.05) is 13.0 Å². The molecule has 0 amide bonds. The fourth-order valence-corrected chi connectivity index (χ4v) is 1.30. The van der Waals surface area contributed by atoms with Gasteiger partial charge in [-0.25, -0.2) is 4.98 Å². The zero-order chi connectivity index (χ0) is 9.97. The Hall–Kier alpha value is -1.98. The van der Waals surface area contributed by atoms with Crippen molar-refractivity contribution < 1.29 is 5.21 Å². The minimum absolute atomic E-state index is 0.522. The monoisotopic (exact) mass is 191 g/mol. The number of hydrogen-bond acceptors (Lipinski definition) is 5. The van der Waals surface area contributed by atoms with E-state index in [0.717, 1.165) is 11.4 Å². The van der Waals surface area contributed by atoms with Crippen LogP contribution in [0.5, 0.6) is 0 Å². The molecule has 6 heteroatoms. The summed E-state index contributed by atoms with van der Waals surface area (Å²) in [5.74, 6) is 0.561. The summed E-state index contributed by atoms with van der Waals surface area (Å²) in [6.45, 7) is 1.88. The molecule has 0 spiro atoms. The molecule has 2 aromatic rings. The first-order valence-electron chi connectivity index (χ1n) is 4.13. The Bertz CT molecular complexity index is 476. The van der Waals surface area contributed by atoms with Gasteiger partial charge in [-0.1, -0.05) is 0 Å². The summed E-state index contributed by atoms with van der Waals surface area (Å²) in [4.78, 5) is 4.19. The first kappa shape index (κ1) is 8.61. The molecular formula is C8H9N5O. The van der Waals surface area contributed by atoms with E-state index in [2.05, 4.69) is 20.3 Å². The Morgan fingerprint density at radius 2 is 2.50 bits per heavy atom. The summed E-state index contributed by atoms with van der Waals surface area (Å²) in [7, 11) is 0.